The lowest BCUT2D eigenvalue weighted by Crippen LogP contribution is -2.46. The minimum Gasteiger partial charge on any atom is -0.319 e. The summed E-state index contributed by atoms with van der Waals surface area (Å²) in [5.74, 6) is -1.89. The lowest BCUT2D eigenvalue weighted by molar-refractivity contribution is -0.134. The first-order chi connectivity index (χ1) is 14.8. The highest BCUT2D eigenvalue weighted by atomic mass is 19.1. The van der Waals surface area contributed by atoms with Crippen LogP contribution in [0.4, 0.5) is 19.3 Å². The highest BCUT2D eigenvalue weighted by Crippen LogP contribution is 2.34. The number of likely N-dealkylation sites (N-methyl/N-ethyl adjacent to an activating group) is 1. The number of carbonyl (C=O) groups excluding carboxylic acids is 3. The molecule has 0 aliphatic carbocycles. The van der Waals surface area contributed by atoms with Crippen molar-refractivity contribution in [2.24, 2.45) is 0 Å². The molecule has 2 aromatic carbocycles. The van der Waals surface area contributed by atoms with E-state index in [4.69, 9.17) is 0 Å². The summed E-state index contributed by atoms with van der Waals surface area (Å²) in [5.41, 5.74) is -0.396. The highest BCUT2D eigenvalue weighted by molar-refractivity contribution is 6.10. The van der Waals surface area contributed by atoms with Crippen molar-refractivity contribution in [1.29, 1.82) is 0 Å². The van der Waals surface area contributed by atoms with E-state index in [1.54, 1.807) is 6.92 Å². The molecule has 0 aromatic heterocycles. The van der Waals surface area contributed by atoms with Crippen LogP contribution < -0.4 is 10.2 Å². The minimum absolute atomic E-state index is 0.285. The Hall–Kier alpha value is -3.29. The highest BCUT2D eigenvalue weighted by Gasteiger charge is 2.52. The van der Waals surface area contributed by atoms with Crippen LogP contribution in [-0.2, 0) is 15.1 Å². The Morgan fingerprint density at radius 2 is 1.58 bits per heavy atom. The third-order valence-electron chi connectivity index (χ3n) is 5.47. The van der Waals surface area contributed by atoms with Crippen molar-refractivity contribution in [2.45, 2.75) is 38.6 Å². The minimum atomic E-state index is -1.34. The van der Waals surface area contributed by atoms with E-state index in [0.29, 0.717) is 24.1 Å². The molecule has 1 fully saturated rings. The average molecular weight is 429 g/mol. The monoisotopic (exact) mass is 429 g/mol. The van der Waals surface area contributed by atoms with Crippen molar-refractivity contribution in [3.05, 3.63) is 65.7 Å². The van der Waals surface area contributed by atoms with Gasteiger partial charge in [0.1, 0.15) is 23.7 Å². The molecule has 0 bridgehead atoms. The van der Waals surface area contributed by atoms with E-state index < -0.39 is 41.6 Å². The van der Waals surface area contributed by atoms with Crippen LogP contribution in [0, 0.1) is 11.6 Å². The normalized spacial score (nSPS) is 18.3. The molecule has 1 aliphatic rings. The van der Waals surface area contributed by atoms with Crippen LogP contribution in [0.3, 0.4) is 0 Å². The summed E-state index contributed by atoms with van der Waals surface area (Å²) in [7, 11) is 0. The average Bonchev–Trinajstić information content (AvgIpc) is 2.99. The van der Waals surface area contributed by atoms with Crippen molar-refractivity contribution in [2.75, 3.05) is 18.0 Å². The predicted octanol–water partition coefficient (Wildman–Crippen LogP) is 3.96. The van der Waals surface area contributed by atoms with Gasteiger partial charge in [-0.15, -0.1) is 0 Å². The zero-order valence-corrected chi connectivity index (χ0v) is 17.5. The topological polar surface area (TPSA) is 69.7 Å². The zero-order valence-electron chi connectivity index (χ0n) is 17.5. The summed E-state index contributed by atoms with van der Waals surface area (Å²) in [4.78, 5) is 41.3. The van der Waals surface area contributed by atoms with E-state index in [2.05, 4.69) is 5.32 Å². The maximum atomic E-state index is 13.4. The molecule has 1 aliphatic heterocycles. The first kappa shape index (κ1) is 22.4. The number of urea groups is 1. The van der Waals surface area contributed by atoms with Crippen LogP contribution >= 0.6 is 0 Å². The first-order valence-electron chi connectivity index (χ1n) is 10.3. The van der Waals surface area contributed by atoms with Crippen LogP contribution in [0.1, 0.15) is 38.7 Å². The number of nitrogens with one attached hydrogen (secondary N) is 1. The molecule has 1 heterocycles. The number of nitrogens with zero attached hydrogens (tertiary/aromatic N) is 2. The molecule has 6 nitrogen and oxygen atoms in total. The number of anilines is 1. The second kappa shape index (κ2) is 9.24. The van der Waals surface area contributed by atoms with Crippen molar-refractivity contribution in [3.8, 4) is 0 Å². The fraction of sp³-hybridized carbons (Fsp3) is 0.348. The van der Waals surface area contributed by atoms with Crippen molar-refractivity contribution < 1.29 is 23.2 Å². The van der Waals surface area contributed by atoms with Gasteiger partial charge in [0.25, 0.3) is 5.91 Å². The molecule has 1 atom stereocenters. The van der Waals surface area contributed by atoms with Gasteiger partial charge in [0.2, 0.25) is 5.91 Å². The smallest absolute Gasteiger partial charge is 0.319 e. The maximum absolute atomic E-state index is 13.4. The molecule has 31 heavy (non-hydrogen) atoms. The standard InChI is InChI=1S/C23H25F2N3O3/c1-3-5-14-23(16-6-8-17(24)9-7-16)21(30)28(22(31)26-23)15-20(29)27(4-2)19-12-10-18(25)11-13-19/h6-13H,3-5,14-15H2,1-2H3,(H,26,31)/t23-/m0/s1. The van der Waals surface area contributed by atoms with Crippen LogP contribution in [0.2, 0.25) is 0 Å². The number of imide groups is 1. The van der Waals surface area contributed by atoms with Crippen molar-refractivity contribution in [1.82, 2.24) is 10.2 Å². The van der Waals surface area contributed by atoms with E-state index >= 15 is 0 Å². The second-order valence-electron chi connectivity index (χ2n) is 7.45. The molecule has 8 heteroatoms. The molecule has 164 valence electrons. The van der Waals surface area contributed by atoms with Gasteiger partial charge in [-0.1, -0.05) is 31.9 Å². The number of halogens is 2. The van der Waals surface area contributed by atoms with Crippen LogP contribution in [0.15, 0.2) is 48.5 Å². The number of benzene rings is 2. The van der Waals surface area contributed by atoms with Crippen molar-refractivity contribution in [3.63, 3.8) is 0 Å². The van der Waals surface area contributed by atoms with Crippen LogP contribution in [0.25, 0.3) is 0 Å². The van der Waals surface area contributed by atoms with Crippen LogP contribution in [-0.4, -0.2) is 35.8 Å². The third kappa shape index (κ3) is 4.42. The van der Waals surface area contributed by atoms with Gasteiger partial charge in [-0.05, 0) is 55.3 Å². The summed E-state index contributed by atoms with van der Waals surface area (Å²) in [6.45, 7) is 3.54. The van der Waals surface area contributed by atoms with Gasteiger partial charge in [-0.2, -0.15) is 0 Å². The number of hydrogen-bond donors (Lipinski definition) is 1. The molecule has 4 amide bonds. The number of hydrogen-bond acceptors (Lipinski definition) is 3. The Balaban J connectivity index is 1.87. The Morgan fingerprint density at radius 1 is 1.00 bits per heavy atom. The van der Waals surface area contributed by atoms with Gasteiger partial charge in [0.05, 0.1) is 0 Å². The van der Waals surface area contributed by atoms with E-state index in [9.17, 15) is 23.2 Å². The van der Waals surface area contributed by atoms with Gasteiger partial charge >= 0.3 is 6.03 Å². The van der Waals surface area contributed by atoms with E-state index in [-0.39, 0.29) is 6.54 Å². The van der Waals surface area contributed by atoms with E-state index in [1.165, 1.54) is 53.4 Å². The molecular formula is C23H25F2N3O3. The predicted molar refractivity (Wildman–Crippen MR) is 112 cm³/mol. The molecule has 0 unspecified atom stereocenters. The molecule has 1 N–H and O–H groups in total. The van der Waals surface area contributed by atoms with Crippen molar-refractivity contribution >= 4 is 23.5 Å². The number of unbranched alkanes of at least 4 members (excludes halogenated alkanes) is 1. The van der Waals surface area contributed by atoms with Crippen LogP contribution in [0.5, 0.6) is 0 Å². The van der Waals surface area contributed by atoms with Gasteiger partial charge in [0.15, 0.2) is 0 Å². The third-order valence-corrected chi connectivity index (χ3v) is 5.47. The summed E-state index contributed by atoms with van der Waals surface area (Å²) >= 11 is 0. The molecule has 1 saturated heterocycles. The Kier molecular flexibility index (Phi) is 6.68. The number of carbonyl (C=O) groups is 3. The van der Waals surface area contributed by atoms with Gasteiger partial charge < -0.3 is 10.2 Å². The Morgan fingerprint density at radius 3 is 2.13 bits per heavy atom. The van der Waals surface area contributed by atoms with Gasteiger partial charge in [-0.3, -0.25) is 14.5 Å². The Bertz CT molecular complexity index is 963. The summed E-state index contributed by atoms with van der Waals surface area (Å²) in [6.07, 6.45) is 1.78. The summed E-state index contributed by atoms with van der Waals surface area (Å²) < 4.78 is 26.7. The SMILES string of the molecule is CCCC[C@@]1(c2ccc(F)cc2)NC(=O)N(CC(=O)N(CC)c2ccc(F)cc2)C1=O. The molecule has 2 aromatic rings. The number of rotatable bonds is 8. The Labute approximate surface area is 179 Å². The molecule has 3 rings (SSSR count). The molecule has 0 radical (unpaired) electrons. The summed E-state index contributed by atoms with van der Waals surface area (Å²) in [6, 6.07) is 10.2. The lowest BCUT2D eigenvalue weighted by atomic mass is 9.85. The first-order valence-corrected chi connectivity index (χ1v) is 10.3. The van der Waals surface area contributed by atoms with Gasteiger partial charge in [-0.25, -0.2) is 13.6 Å². The molecule has 0 saturated carbocycles. The maximum Gasteiger partial charge on any atom is 0.325 e. The molecular weight excluding hydrogens is 404 g/mol. The second-order valence-corrected chi connectivity index (χ2v) is 7.45. The largest absolute Gasteiger partial charge is 0.325 e. The van der Waals surface area contributed by atoms with E-state index in [1.807, 2.05) is 6.92 Å². The summed E-state index contributed by atoms with van der Waals surface area (Å²) in [5, 5.41) is 2.74. The quantitative estimate of drug-likeness (QED) is 0.646. The lowest BCUT2D eigenvalue weighted by Gasteiger charge is -2.28. The fourth-order valence-electron chi connectivity index (χ4n) is 3.80. The number of amides is 4. The fourth-order valence-corrected chi connectivity index (χ4v) is 3.80. The van der Waals surface area contributed by atoms with E-state index in [0.717, 1.165) is 11.3 Å². The van der Waals surface area contributed by atoms with Gasteiger partial charge in [0, 0.05) is 12.2 Å². The zero-order chi connectivity index (χ0) is 22.6. The molecule has 0 spiro atoms.